The lowest BCUT2D eigenvalue weighted by atomic mass is 10.0. The molecule has 4 aromatic rings. The topological polar surface area (TPSA) is 129 Å². The van der Waals surface area contributed by atoms with E-state index in [-0.39, 0.29) is 33.8 Å². The summed E-state index contributed by atoms with van der Waals surface area (Å²) in [7, 11) is 3.64. The standard InChI is InChI=1S/C32H28N2O8/c1-39-29(35)22-16-23(30(36)40-2)18-25(17-22)34-32(38)33-24-14-15-27(26(19-24)31(37)41-3)42-28(20-10-6-4-7-11-20)21-12-8-5-9-13-21/h4-19,28H,1-3H3,(H2,33,34,38). The second kappa shape index (κ2) is 13.6. The minimum Gasteiger partial charge on any atom is -0.480 e. The molecular formula is C32H28N2O8. The first-order valence-electron chi connectivity index (χ1n) is 12.7. The number of carbonyl (C=O) groups is 4. The zero-order chi connectivity index (χ0) is 30.1. The number of urea groups is 1. The van der Waals surface area contributed by atoms with Crippen LogP contribution in [-0.2, 0) is 14.2 Å². The van der Waals surface area contributed by atoms with Gasteiger partial charge in [-0.05, 0) is 47.5 Å². The Labute approximate surface area is 242 Å². The summed E-state index contributed by atoms with van der Waals surface area (Å²) >= 11 is 0. The average Bonchev–Trinajstić information content (AvgIpc) is 3.03. The second-order valence-electron chi connectivity index (χ2n) is 8.88. The lowest BCUT2D eigenvalue weighted by Crippen LogP contribution is -2.21. The Balaban J connectivity index is 1.60. The molecule has 0 bridgehead atoms. The first-order valence-corrected chi connectivity index (χ1v) is 12.7. The zero-order valence-corrected chi connectivity index (χ0v) is 23.1. The average molecular weight is 569 g/mol. The molecule has 10 nitrogen and oxygen atoms in total. The molecule has 0 fully saturated rings. The van der Waals surface area contributed by atoms with Crippen LogP contribution in [0.4, 0.5) is 16.2 Å². The summed E-state index contributed by atoms with van der Waals surface area (Å²) < 4.78 is 20.8. The van der Waals surface area contributed by atoms with E-state index in [1.54, 1.807) is 12.1 Å². The number of amides is 2. The van der Waals surface area contributed by atoms with E-state index in [0.29, 0.717) is 0 Å². The molecule has 0 aliphatic heterocycles. The molecule has 0 aliphatic carbocycles. The molecule has 0 spiro atoms. The van der Waals surface area contributed by atoms with Gasteiger partial charge < -0.3 is 29.6 Å². The fourth-order valence-electron chi connectivity index (χ4n) is 4.16. The van der Waals surface area contributed by atoms with Gasteiger partial charge in [0.2, 0.25) is 0 Å². The van der Waals surface area contributed by atoms with Crippen molar-refractivity contribution in [3.05, 3.63) is 125 Å². The van der Waals surface area contributed by atoms with Crippen LogP contribution >= 0.6 is 0 Å². The van der Waals surface area contributed by atoms with Crippen molar-refractivity contribution in [1.29, 1.82) is 0 Å². The van der Waals surface area contributed by atoms with Crippen molar-refractivity contribution < 1.29 is 38.1 Å². The quantitative estimate of drug-likeness (QED) is 0.190. The van der Waals surface area contributed by atoms with Gasteiger partial charge in [-0.15, -0.1) is 0 Å². The third kappa shape index (κ3) is 7.11. The fourth-order valence-corrected chi connectivity index (χ4v) is 4.16. The molecule has 2 N–H and O–H groups in total. The van der Waals surface area contributed by atoms with Crippen LogP contribution in [0.1, 0.15) is 48.3 Å². The summed E-state index contributed by atoms with van der Waals surface area (Å²) in [5.41, 5.74) is 2.32. The molecule has 0 unspecified atom stereocenters. The van der Waals surface area contributed by atoms with E-state index in [0.717, 1.165) is 11.1 Å². The number of anilines is 2. The van der Waals surface area contributed by atoms with Crippen LogP contribution in [0.25, 0.3) is 0 Å². The van der Waals surface area contributed by atoms with E-state index in [2.05, 4.69) is 10.6 Å². The van der Waals surface area contributed by atoms with Crippen LogP contribution < -0.4 is 15.4 Å². The minimum absolute atomic E-state index is 0.0385. The highest BCUT2D eigenvalue weighted by atomic mass is 16.5. The number of nitrogens with one attached hydrogen (secondary N) is 2. The molecule has 0 saturated carbocycles. The summed E-state index contributed by atoms with van der Waals surface area (Å²) in [5, 5.41) is 5.20. The predicted octanol–water partition coefficient (Wildman–Crippen LogP) is 5.86. The zero-order valence-electron chi connectivity index (χ0n) is 23.1. The molecule has 0 heterocycles. The van der Waals surface area contributed by atoms with E-state index in [1.165, 1.54) is 45.6 Å². The van der Waals surface area contributed by atoms with Crippen LogP contribution in [0, 0.1) is 0 Å². The monoisotopic (exact) mass is 568 g/mol. The number of methoxy groups -OCH3 is 3. The van der Waals surface area contributed by atoms with Gasteiger partial charge in [0.1, 0.15) is 17.4 Å². The van der Waals surface area contributed by atoms with Crippen molar-refractivity contribution >= 4 is 35.3 Å². The molecular weight excluding hydrogens is 540 g/mol. The van der Waals surface area contributed by atoms with Crippen molar-refractivity contribution in [3.8, 4) is 5.75 Å². The van der Waals surface area contributed by atoms with E-state index >= 15 is 0 Å². The van der Waals surface area contributed by atoms with E-state index in [1.807, 2.05) is 60.7 Å². The molecule has 2 amide bonds. The number of esters is 3. The van der Waals surface area contributed by atoms with Gasteiger partial charge in [-0.25, -0.2) is 19.2 Å². The molecule has 0 aromatic heterocycles. The molecule has 4 rings (SSSR count). The van der Waals surface area contributed by atoms with Crippen molar-refractivity contribution in [1.82, 2.24) is 0 Å². The summed E-state index contributed by atoms with van der Waals surface area (Å²) in [4.78, 5) is 49.8. The normalized spacial score (nSPS) is 10.4. The number of hydrogen-bond donors (Lipinski definition) is 2. The van der Waals surface area contributed by atoms with Crippen LogP contribution in [0.5, 0.6) is 5.75 Å². The number of hydrogen-bond acceptors (Lipinski definition) is 8. The van der Waals surface area contributed by atoms with Gasteiger partial charge in [-0.2, -0.15) is 0 Å². The van der Waals surface area contributed by atoms with Gasteiger partial charge >= 0.3 is 23.9 Å². The van der Waals surface area contributed by atoms with Crippen molar-refractivity contribution in [2.45, 2.75) is 6.10 Å². The molecule has 10 heteroatoms. The Bertz CT molecular complexity index is 1520. The van der Waals surface area contributed by atoms with Crippen LogP contribution in [0.2, 0.25) is 0 Å². The predicted molar refractivity (Wildman–Crippen MR) is 155 cm³/mol. The summed E-state index contributed by atoms with van der Waals surface area (Å²) in [6.07, 6.45) is -0.524. The Morgan fingerprint density at radius 3 is 1.57 bits per heavy atom. The Hall–Kier alpha value is -5.64. The maximum Gasteiger partial charge on any atom is 0.341 e. The van der Waals surface area contributed by atoms with Gasteiger partial charge in [0, 0.05) is 11.4 Å². The Morgan fingerprint density at radius 2 is 1.07 bits per heavy atom. The van der Waals surface area contributed by atoms with Gasteiger partial charge in [0.05, 0.1) is 32.5 Å². The summed E-state index contributed by atoms with van der Waals surface area (Å²) in [5.74, 6) is -1.82. The van der Waals surface area contributed by atoms with Crippen molar-refractivity contribution in [2.24, 2.45) is 0 Å². The summed E-state index contributed by atoms with van der Waals surface area (Å²) in [6.45, 7) is 0. The Morgan fingerprint density at radius 1 is 0.571 bits per heavy atom. The smallest absolute Gasteiger partial charge is 0.341 e. The number of rotatable bonds is 9. The van der Waals surface area contributed by atoms with Gasteiger partial charge in [-0.1, -0.05) is 60.7 Å². The molecule has 42 heavy (non-hydrogen) atoms. The SMILES string of the molecule is COC(=O)c1cc(NC(=O)Nc2ccc(OC(c3ccccc3)c3ccccc3)c(C(=O)OC)c2)cc(C(=O)OC)c1. The largest absolute Gasteiger partial charge is 0.480 e. The highest BCUT2D eigenvalue weighted by Crippen LogP contribution is 2.32. The fraction of sp³-hybridized carbons (Fsp3) is 0.125. The van der Waals surface area contributed by atoms with Crippen LogP contribution in [0.15, 0.2) is 97.1 Å². The number of benzene rings is 4. The highest BCUT2D eigenvalue weighted by Gasteiger charge is 2.22. The van der Waals surface area contributed by atoms with Crippen LogP contribution in [0.3, 0.4) is 0 Å². The first kappa shape index (κ1) is 29.3. The minimum atomic E-state index is -0.705. The lowest BCUT2D eigenvalue weighted by Gasteiger charge is -2.22. The highest BCUT2D eigenvalue weighted by molar-refractivity contribution is 6.03. The van der Waals surface area contributed by atoms with E-state index < -0.39 is 30.0 Å². The van der Waals surface area contributed by atoms with Crippen molar-refractivity contribution in [3.63, 3.8) is 0 Å². The van der Waals surface area contributed by atoms with Gasteiger partial charge in [0.15, 0.2) is 0 Å². The van der Waals surface area contributed by atoms with Gasteiger partial charge in [-0.3, -0.25) is 0 Å². The van der Waals surface area contributed by atoms with Crippen LogP contribution in [-0.4, -0.2) is 45.3 Å². The van der Waals surface area contributed by atoms with Crippen molar-refractivity contribution in [2.75, 3.05) is 32.0 Å². The first-order chi connectivity index (χ1) is 20.3. The lowest BCUT2D eigenvalue weighted by molar-refractivity contribution is 0.0583. The van der Waals surface area contributed by atoms with E-state index in [9.17, 15) is 19.2 Å². The number of ether oxygens (including phenoxy) is 4. The third-order valence-electron chi connectivity index (χ3n) is 6.13. The maximum atomic E-state index is 12.9. The maximum absolute atomic E-state index is 12.9. The molecule has 0 atom stereocenters. The van der Waals surface area contributed by atoms with Gasteiger partial charge in [0.25, 0.3) is 0 Å². The van der Waals surface area contributed by atoms with E-state index in [4.69, 9.17) is 18.9 Å². The third-order valence-corrected chi connectivity index (χ3v) is 6.13. The molecule has 214 valence electrons. The second-order valence-corrected chi connectivity index (χ2v) is 8.88. The number of carbonyl (C=O) groups excluding carboxylic acids is 4. The Kier molecular flexibility index (Phi) is 9.52. The molecule has 0 radical (unpaired) electrons. The molecule has 0 aliphatic rings. The molecule has 0 saturated heterocycles. The summed E-state index contributed by atoms with van der Waals surface area (Å²) in [6, 6.07) is 27.0. The molecule has 4 aromatic carbocycles.